The van der Waals surface area contributed by atoms with Gasteiger partial charge in [-0.15, -0.1) is 6.61 Å². The Kier molecular flexibility index (Phi) is 42.3. The van der Waals surface area contributed by atoms with Gasteiger partial charge in [-0.25, -0.2) is 0 Å². The van der Waals surface area contributed by atoms with Gasteiger partial charge in [0.1, 0.15) is 0 Å². The third-order valence-corrected chi connectivity index (χ3v) is 1.26. The predicted molar refractivity (Wildman–Crippen MR) is 25.6 cm³/mol. The molecule has 0 aromatic rings. The van der Waals surface area contributed by atoms with Crippen LogP contribution in [0, 0.1) is 0 Å². The van der Waals surface area contributed by atoms with Crippen LogP contribution < -0.4 is 9.04 Å². The summed E-state index contributed by atoms with van der Waals surface area (Å²) in [6.07, 6.45) is 0.764. The van der Waals surface area contributed by atoms with E-state index in [4.69, 9.17) is 0 Å². The van der Waals surface area contributed by atoms with Gasteiger partial charge in [0.25, 0.3) is 0 Å². The molecular formula is C5H12O2Zn2. The van der Waals surface area contributed by atoms with E-state index in [1.165, 1.54) is 0 Å². The fraction of sp³-hybridized carbons (Fsp3) is 1.00. The van der Waals surface area contributed by atoms with Crippen LogP contribution in [0.25, 0.3) is 0 Å². The minimum absolute atomic E-state index is 0. The summed E-state index contributed by atoms with van der Waals surface area (Å²) in [6, 6.07) is 0. The van der Waals surface area contributed by atoms with E-state index >= 15 is 0 Å². The van der Waals surface area contributed by atoms with Gasteiger partial charge in [0.15, 0.2) is 0 Å². The van der Waals surface area contributed by atoms with Crippen LogP contribution in [0.2, 0.25) is 5.02 Å². The van der Waals surface area contributed by atoms with Gasteiger partial charge in [-0.1, -0.05) is 13.3 Å². The maximum absolute atomic E-state index is 9.49. The van der Waals surface area contributed by atoms with E-state index in [1.807, 2.05) is 13.8 Å². The molecule has 0 N–H and O–H groups in total. The van der Waals surface area contributed by atoms with Crippen LogP contribution in [-0.4, -0.2) is 6.61 Å². The van der Waals surface area contributed by atoms with Crippen molar-refractivity contribution >= 4 is 0 Å². The zero-order valence-electron chi connectivity index (χ0n) is 6.35. The summed E-state index contributed by atoms with van der Waals surface area (Å²) in [5.74, 6) is 0. The van der Waals surface area contributed by atoms with E-state index in [2.05, 4.69) is 0 Å². The first-order chi connectivity index (χ1) is 3.83. The van der Waals surface area contributed by atoms with Gasteiger partial charge >= 0.3 is 52.8 Å². The van der Waals surface area contributed by atoms with Crippen molar-refractivity contribution in [1.82, 2.24) is 0 Å². The zero-order valence-corrected chi connectivity index (χ0v) is 12.3. The van der Waals surface area contributed by atoms with Gasteiger partial charge in [-0.3, -0.25) is 0 Å². The summed E-state index contributed by atoms with van der Waals surface area (Å²) in [5.41, 5.74) is 0. The average Bonchev–Trinajstić information content (AvgIpc) is 1.88. The van der Waals surface area contributed by atoms with Crippen LogP contribution >= 0.6 is 0 Å². The third kappa shape index (κ3) is 46.9. The Morgan fingerprint density at radius 1 is 1.33 bits per heavy atom. The van der Waals surface area contributed by atoms with E-state index in [-0.39, 0.29) is 26.1 Å². The second-order valence-electron chi connectivity index (χ2n) is 1.41. The first kappa shape index (κ1) is 16.6. The molecule has 0 amide bonds. The molecule has 0 fully saturated rings. The molecule has 9 heavy (non-hydrogen) atoms. The van der Waals surface area contributed by atoms with Gasteiger partial charge in [-0.05, 0) is 0 Å². The Bertz CT molecular complexity index is 20.9. The SMILES string of the molecule is CCC[O-].C[CH2][Zn][O-].[Zn+2]. The zero-order chi connectivity index (χ0) is 6.83. The van der Waals surface area contributed by atoms with Crippen molar-refractivity contribution in [2.24, 2.45) is 0 Å². The van der Waals surface area contributed by atoms with Crippen molar-refractivity contribution in [1.29, 1.82) is 0 Å². The van der Waals surface area contributed by atoms with Crippen molar-refractivity contribution in [3.8, 4) is 0 Å². The molecule has 0 saturated carbocycles. The molecule has 0 aliphatic carbocycles. The molecule has 0 aromatic heterocycles. The second kappa shape index (κ2) is 22.9. The van der Waals surface area contributed by atoms with Crippen LogP contribution in [0.3, 0.4) is 0 Å². The quantitative estimate of drug-likeness (QED) is 0.607. The molecular weight excluding hydrogens is 223 g/mol. The van der Waals surface area contributed by atoms with Gasteiger partial charge in [0.2, 0.25) is 0 Å². The monoisotopic (exact) mass is 232 g/mol. The molecule has 0 bridgehead atoms. The third-order valence-electron chi connectivity index (χ3n) is 0.408. The van der Waals surface area contributed by atoms with Gasteiger partial charge < -0.3 is 5.11 Å². The van der Waals surface area contributed by atoms with Gasteiger partial charge in [-0.2, -0.15) is 0 Å². The Morgan fingerprint density at radius 2 is 1.56 bits per heavy atom. The molecule has 4 heteroatoms. The minimum Gasteiger partial charge on any atom is 2.00 e. The maximum Gasteiger partial charge on any atom is 2.00 e. The standard InChI is InChI=1S/C3H7O.C2H5.O.2Zn/c1-2-3-4;1-2;;;/h2-3H2,1H3;1H2,2H3;;;/q-1;;-1;;+2. The van der Waals surface area contributed by atoms with Crippen molar-refractivity contribution in [3.63, 3.8) is 0 Å². The first-order valence-electron chi connectivity index (χ1n) is 2.99. The smallest absolute Gasteiger partial charge is 2.00 e. The molecule has 48 valence electrons. The topological polar surface area (TPSA) is 46.1 Å². The summed E-state index contributed by atoms with van der Waals surface area (Å²) in [5, 5.41) is 10.2. The molecule has 0 saturated heterocycles. The summed E-state index contributed by atoms with van der Waals surface area (Å²) >= 11 is -1.14. The van der Waals surface area contributed by atoms with Crippen molar-refractivity contribution in [2.45, 2.75) is 25.3 Å². The Morgan fingerprint density at radius 3 is 1.56 bits per heavy atom. The van der Waals surface area contributed by atoms with Crippen LogP contribution in [0.15, 0.2) is 0 Å². The summed E-state index contributed by atoms with van der Waals surface area (Å²) in [7, 11) is 0. The Labute approximate surface area is 77.8 Å². The predicted octanol–water partition coefficient (Wildman–Crippen LogP) is -0.463. The largest absolute Gasteiger partial charge is 2.00 e. The van der Waals surface area contributed by atoms with Crippen molar-refractivity contribution in [3.05, 3.63) is 0 Å². The molecule has 2 nitrogen and oxygen atoms in total. The second-order valence-corrected chi connectivity index (χ2v) is 4.36. The molecule has 0 spiro atoms. The van der Waals surface area contributed by atoms with Crippen molar-refractivity contribution in [2.75, 3.05) is 6.61 Å². The van der Waals surface area contributed by atoms with Crippen LogP contribution in [-0.2, 0) is 37.0 Å². The number of hydrogen-bond acceptors (Lipinski definition) is 2. The van der Waals surface area contributed by atoms with Gasteiger partial charge in [0, 0.05) is 0 Å². The molecule has 0 unspecified atom stereocenters. The normalized spacial score (nSPS) is 5.78. The van der Waals surface area contributed by atoms with Crippen LogP contribution in [0.4, 0.5) is 0 Å². The molecule has 0 aromatic carbocycles. The molecule has 0 heterocycles. The molecule has 0 aliphatic heterocycles. The fourth-order valence-corrected chi connectivity index (χ4v) is 0. The molecule has 0 atom stereocenters. The van der Waals surface area contributed by atoms with E-state index in [0.29, 0.717) is 0 Å². The molecule has 0 rings (SSSR count). The molecule has 0 radical (unpaired) electrons. The number of hydrogen-bond donors (Lipinski definition) is 0. The van der Waals surface area contributed by atoms with E-state index < -0.39 is 17.5 Å². The summed E-state index contributed by atoms with van der Waals surface area (Å²) in [6.45, 7) is 3.89. The number of rotatable bonds is 2. The van der Waals surface area contributed by atoms with E-state index in [1.54, 1.807) is 0 Å². The Balaban J connectivity index is -0.0000000720. The maximum atomic E-state index is 9.49. The minimum atomic E-state index is -1.14. The summed E-state index contributed by atoms with van der Waals surface area (Å²) in [4.78, 5) is 0. The van der Waals surface area contributed by atoms with Crippen LogP contribution in [0.5, 0.6) is 0 Å². The van der Waals surface area contributed by atoms with E-state index in [0.717, 1.165) is 11.4 Å². The van der Waals surface area contributed by atoms with Gasteiger partial charge in [0.05, 0.1) is 0 Å². The first-order valence-corrected chi connectivity index (χ1v) is 6.30. The molecule has 0 aliphatic rings. The summed E-state index contributed by atoms with van der Waals surface area (Å²) < 4.78 is 9.49. The average molecular weight is 235 g/mol. The van der Waals surface area contributed by atoms with Crippen molar-refractivity contribution < 1.29 is 46.0 Å². The fourth-order valence-electron chi connectivity index (χ4n) is 0. The Hall–Kier alpha value is 1.17. The van der Waals surface area contributed by atoms with E-state index in [9.17, 15) is 9.04 Å². The van der Waals surface area contributed by atoms with Crippen LogP contribution in [0.1, 0.15) is 20.3 Å².